The van der Waals surface area contributed by atoms with Gasteiger partial charge in [0.15, 0.2) is 0 Å². The number of halogens is 2. The van der Waals surface area contributed by atoms with Gasteiger partial charge in [0.25, 0.3) is 0 Å². The van der Waals surface area contributed by atoms with E-state index in [-0.39, 0.29) is 35.1 Å². The Morgan fingerprint density at radius 2 is 1.73 bits per heavy atom. The molecule has 3 amide bonds. The Bertz CT molecular complexity index is 920. The van der Waals surface area contributed by atoms with Gasteiger partial charge in [-0.1, -0.05) is 17.7 Å². The molecule has 6 nitrogen and oxygen atoms in total. The van der Waals surface area contributed by atoms with E-state index in [9.17, 15) is 14.0 Å². The van der Waals surface area contributed by atoms with Crippen LogP contribution in [0.3, 0.4) is 0 Å². The molecule has 2 aromatic carbocycles. The maximum atomic E-state index is 14.1. The maximum absolute atomic E-state index is 14.1. The SMILES string of the molecule is CC(=O)Nc1ccc(NC(=O)N[C@H]2CCN(C(C)C)[C@H]2c2ccc(Cl)c(F)c2)cc1. The summed E-state index contributed by atoms with van der Waals surface area (Å²) in [6.07, 6.45) is 0.752. The molecule has 2 aromatic rings. The van der Waals surface area contributed by atoms with E-state index in [2.05, 4.69) is 34.7 Å². The molecule has 30 heavy (non-hydrogen) atoms. The summed E-state index contributed by atoms with van der Waals surface area (Å²) < 4.78 is 14.1. The second-order valence-electron chi connectivity index (χ2n) is 7.70. The molecule has 1 fully saturated rings. The van der Waals surface area contributed by atoms with Crippen molar-refractivity contribution in [3.05, 3.63) is 58.9 Å². The number of carbonyl (C=O) groups excluding carboxylic acids is 2. The van der Waals surface area contributed by atoms with E-state index in [0.29, 0.717) is 11.4 Å². The molecule has 0 bridgehead atoms. The van der Waals surface area contributed by atoms with E-state index < -0.39 is 5.82 Å². The fraction of sp³-hybridized carbons (Fsp3) is 0.364. The summed E-state index contributed by atoms with van der Waals surface area (Å²) >= 11 is 5.84. The van der Waals surface area contributed by atoms with Crippen molar-refractivity contribution < 1.29 is 14.0 Å². The van der Waals surface area contributed by atoms with Gasteiger partial charge in [0.2, 0.25) is 5.91 Å². The van der Waals surface area contributed by atoms with Crippen molar-refractivity contribution in [2.24, 2.45) is 0 Å². The summed E-state index contributed by atoms with van der Waals surface area (Å²) in [5.74, 6) is -0.624. The Kier molecular flexibility index (Phi) is 6.95. The standard InChI is InChI=1S/C22H26ClFN4O2/c1-13(2)28-11-10-20(21(28)15-4-9-18(23)19(24)12-15)27-22(30)26-17-7-5-16(6-8-17)25-14(3)29/h4-9,12-13,20-21H,10-11H2,1-3H3,(H,25,29)(H2,26,27,30)/t20-,21-/m0/s1. The lowest BCUT2D eigenvalue weighted by Crippen LogP contribution is -2.43. The van der Waals surface area contributed by atoms with E-state index in [1.807, 2.05) is 6.07 Å². The summed E-state index contributed by atoms with van der Waals surface area (Å²) in [6, 6.07) is 11.2. The highest BCUT2D eigenvalue weighted by atomic mass is 35.5. The Morgan fingerprint density at radius 3 is 2.30 bits per heavy atom. The van der Waals surface area contributed by atoms with Crippen LogP contribution in [0.2, 0.25) is 5.02 Å². The molecule has 0 aliphatic carbocycles. The fourth-order valence-electron chi connectivity index (χ4n) is 3.84. The molecule has 1 aliphatic rings. The van der Waals surface area contributed by atoms with E-state index in [0.717, 1.165) is 18.5 Å². The number of carbonyl (C=O) groups is 2. The lowest BCUT2D eigenvalue weighted by atomic mass is 9.99. The van der Waals surface area contributed by atoms with E-state index in [4.69, 9.17) is 11.6 Å². The third-order valence-electron chi connectivity index (χ3n) is 5.16. The Morgan fingerprint density at radius 1 is 1.10 bits per heavy atom. The summed E-state index contributed by atoms with van der Waals surface area (Å²) in [4.78, 5) is 26.0. The van der Waals surface area contributed by atoms with Crippen molar-refractivity contribution in [3.8, 4) is 0 Å². The van der Waals surface area contributed by atoms with Crippen molar-refractivity contribution in [2.45, 2.75) is 45.3 Å². The van der Waals surface area contributed by atoms with E-state index in [1.165, 1.54) is 13.0 Å². The summed E-state index contributed by atoms with van der Waals surface area (Å²) in [6.45, 7) is 6.39. The first-order chi connectivity index (χ1) is 14.2. The second-order valence-corrected chi connectivity index (χ2v) is 8.11. The van der Waals surface area contributed by atoms with Crippen molar-refractivity contribution in [1.29, 1.82) is 0 Å². The zero-order chi connectivity index (χ0) is 21.8. The molecular formula is C22H26ClFN4O2. The fourth-order valence-corrected chi connectivity index (χ4v) is 3.96. The first-order valence-electron chi connectivity index (χ1n) is 9.90. The minimum Gasteiger partial charge on any atom is -0.333 e. The molecule has 2 atom stereocenters. The van der Waals surface area contributed by atoms with E-state index >= 15 is 0 Å². The monoisotopic (exact) mass is 432 g/mol. The molecule has 0 saturated carbocycles. The van der Waals surface area contributed by atoms with Gasteiger partial charge in [-0.3, -0.25) is 9.69 Å². The number of likely N-dealkylation sites (tertiary alicyclic amines) is 1. The molecule has 0 unspecified atom stereocenters. The first kappa shape index (κ1) is 22.1. The van der Waals surface area contributed by atoms with E-state index in [1.54, 1.807) is 30.3 Å². The summed E-state index contributed by atoms with van der Waals surface area (Å²) in [7, 11) is 0. The number of nitrogens with zero attached hydrogens (tertiary/aromatic N) is 1. The normalized spacial score (nSPS) is 19.0. The second kappa shape index (κ2) is 9.45. The topological polar surface area (TPSA) is 73.5 Å². The molecule has 0 spiro atoms. The van der Waals surface area contributed by atoms with Crippen molar-refractivity contribution in [3.63, 3.8) is 0 Å². The van der Waals surface area contributed by atoms with Gasteiger partial charge in [0.05, 0.1) is 17.1 Å². The van der Waals surface area contributed by atoms with Crippen LogP contribution >= 0.6 is 11.6 Å². The summed E-state index contributed by atoms with van der Waals surface area (Å²) in [5.41, 5.74) is 2.05. The number of hydrogen-bond acceptors (Lipinski definition) is 3. The molecule has 1 heterocycles. The first-order valence-corrected chi connectivity index (χ1v) is 10.3. The van der Waals surface area contributed by atoms with Crippen LogP contribution in [0.5, 0.6) is 0 Å². The Balaban J connectivity index is 1.71. The zero-order valence-corrected chi connectivity index (χ0v) is 18.0. The van der Waals surface area contributed by atoms with Gasteiger partial charge in [-0.05, 0) is 62.2 Å². The molecule has 8 heteroatoms. The molecule has 1 saturated heterocycles. The molecule has 3 rings (SSSR count). The van der Waals surface area contributed by atoms with Crippen LogP contribution in [0.25, 0.3) is 0 Å². The number of rotatable bonds is 5. The van der Waals surface area contributed by atoms with Crippen LogP contribution < -0.4 is 16.0 Å². The summed E-state index contributed by atoms with van der Waals surface area (Å²) in [5, 5.41) is 8.59. The van der Waals surface area contributed by atoms with Crippen LogP contribution in [0.15, 0.2) is 42.5 Å². The predicted octanol–water partition coefficient (Wildman–Crippen LogP) is 4.78. The van der Waals surface area contributed by atoms with Crippen LogP contribution in [0.4, 0.5) is 20.6 Å². The Labute approximate surface area is 180 Å². The lowest BCUT2D eigenvalue weighted by Gasteiger charge is -2.32. The number of nitrogens with one attached hydrogen (secondary N) is 3. The highest BCUT2D eigenvalue weighted by Crippen LogP contribution is 2.35. The highest BCUT2D eigenvalue weighted by Gasteiger charge is 2.37. The molecular weight excluding hydrogens is 407 g/mol. The molecule has 3 N–H and O–H groups in total. The third kappa shape index (κ3) is 5.29. The minimum atomic E-state index is -0.466. The van der Waals surface area contributed by atoms with Crippen LogP contribution in [-0.2, 0) is 4.79 Å². The highest BCUT2D eigenvalue weighted by molar-refractivity contribution is 6.30. The van der Waals surface area contributed by atoms with Crippen molar-refractivity contribution in [1.82, 2.24) is 10.2 Å². The van der Waals surface area contributed by atoms with Crippen molar-refractivity contribution in [2.75, 3.05) is 17.2 Å². The average Bonchev–Trinajstić information content (AvgIpc) is 3.09. The minimum absolute atomic E-state index is 0.0813. The van der Waals surface area contributed by atoms with Gasteiger partial charge < -0.3 is 16.0 Å². The van der Waals surface area contributed by atoms with Gasteiger partial charge in [-0.25, -0.2) is 9.18 Å². The van der Waals surface area contributed by atoms with Gasteiger partial charge in [0, 0.05) is 30.9 Å². The molecule has 0 radical (unpaired) electrons. The van der Waals surface area contributed by atoms with Gasteiger partial charge >= 0.3 is 6.03 Å². The zero-order valence-electron chi connectivity index (χ0n) is 17.2. The van der Waals surface area contributed by atoms with Crippen LogP contribution in [-0.4, -0.2) is 35.5 Å². The average molecular weight is 433 g/mol. The quantitative estimate of drug-likeness (QED) is 0.636. The molecule has 0 aromatic heterocycles. The number of anilines is 2. The smallest absolute Gasteiger partial charge is 0.319 e. The van der Waals surface area contributed by atoms with Gasteiger partial charge in [-0.2, -0.15) is 0 Å². The largest absolute Gasteiger partial charge is 0.333 e. The maximum Gasteiger partial charge on any atom is 0.319 e. The number of benzene rings is 2. The van der Waals surface area contributed by atoms with Crippen LogP contribution in [0, 0.1) is 5.82 Å². The van der Waals surface area contributed by atoms with Crippen molar-refractivity contribution >= 4 is 34.9 Å². The number of hydrogen-bond donors (Lipinski definition) is 3. The van der Waals surface area contributed by atoms with Gasteiger partial charge in [0.1, 0.15) is 5.82 Å². The third-order valence-corrected chi connectivity index (χ3v) is 5.47. The van der Waals surface area contributed by atoms with Crippen LogP contribution in [0.1, 0.15) is 38.8 Å². The number of amides is 3. The predicted molar refractivity (Wildman–Crippen MR) is 117 cm³/mol. The number of urea groups is 1. The lowest BCUT2D eigenvalue weighted by molar-refractivity contribution is -0.114. The Hall–Kier alpha value is -2.64. The van der Waals surface area contributed by atoms with Gasteiger partial charge in [-0.15, -0.1) is 0 Å². The molecule has 160 valence electrons. The molecule has 1 aliphatic heterocycles.